The van der Waals surface area contributed by atoms with E-state index in [-0.39, 0.29) is 0 Å². The summed E-state index contributed by atoms with van der Waals surface area (Å²) in [5.41, 5.74) is -11.9. The van der Waals surface area contributed by atoms with Crippen LogP contribution in [-0.2, 0) is 4.74 Å². The summed E-state index contributed by atoms with van der Waals surface area (Å²) in [6.07, 6.45) is -29.4. The summed E-state index contributed by atoms with van der Waals surface area (Å²) in [5, 5.41) is 0. The van der Waals surface area contributed by atoms with Crippen molar-refractivity contribution in [2.24, 2.45) is 0 Å². The molecule has 0 aromatic carbocycles. The number of rotatable bonds is 4. The van der Waals surface area contributed by atoms with Crippen LogP contribution in [0, 0.1) is 0 Å². The van der Waals surface area contributed by atoms with E-state index >= 15 is 0 Å². The topological polar surface area (TPSA) is 9.23 Å². The molecule has 0 aromatic heterocycles. The maximum absolute atomic E-state index is 12.6. The van der Waals surface area contributed by atoms with Crippen molar-refractivity contribution in [2.75, 3.05) is 0 Å². The lowest BCUT2D eigenvalue weighted by Crippen LogP contribution is -2.68. The quantitative estimate of drug-likeness (QED) is 0.494. The fourth-order valence-electron chi connectivity index (χ4n) is 1.35. The van der Waals surface area contributed by atoms with Crippen LogP contribution in [0.4, 0.5) is 52.7 Å². The van der Waals surface area contributed by atoms with E-state index < -0.39 is 48.1 Å². The molecule has 0 spiro atoms. The zero-order chi connectivity index (χ0) is 19.1. The molecule has 0 amide bonds. The molecule has 0 bridgehead atoms. The van der Waals surface area contributed by atoms with Gasteiger partial charge in [-0.15, -0.1) is 0 Å². The molecule has 23 heavy (non-hydrogen) atoms. The molecule has 136 valence electrons. The van der Waals surface area contributed by atoms with E-state index in [0.717, 1.165) is 0 Å². The summed E-state index contributed by atoms with van der Waals surface area (Å²) in [5.74, 6) is 0. The summed E-state index contributed by atoms with van der Waals surface area (Å²) in [4.78, 5) is 0. The summed E-state index contributed by atoms with van der Waals surface area (Å²) < 4.78 is 154. The van der Waals surface area contributed by atoms with Gasteiger partial charge in [0.2, 0.25) is 0 Å². The zero-order valence-corrected chi connectivity index (χ0v) is 10.5. The number of alkyl halides is 12. The minimum atomic E-state index is -6.72. The van der Waals surface area contributed by atoms with E-state index in [1.165, 1.54) is 0 Å². The largest absolute Gasteiger partial charge is 0.430 e. The predicted molar refractivity (Wildman–Crippen MR) is 51.2 cm³/mol. The number of hydrogen-bond donors (Lipinski definition) is 0. The lowest BCUT2D eigenvalue weighted by atomic mass is 9.96. The maximum atomic E-state index is 12.6. The highest BCUT2D eigenvalue weighted by molar-refractivity contribution is 5.17. The number of hydrogen-bond acceptors (Lipinski definition) is 1. The Morgan fingerprint density at radius 1 is 0.478 bits per heavy atom. The molecular weight excluding hydrogens is 364 g/mol. The Kier molecular flexibility index (Phi) is 5.26. The minimum absolute atomic E-state index is 1.23. The van der Waals surface area contributed by atoms with Crippen molar-refractivity contribution in [3.05, 3.63) is 25.3 Å². The molecule has 0 saturated carbocycles. The Morgan fingerprint density at radius 3 is 0.739 bits per heavy atom. The van der Waals surface area contributed by atoms with Crippen LogP contribution in [0.2, 0.25) is 0 Å². The third kappa shape index (κ3) is 3.28. The molecule has 13 heteroatoms. The fraction of sp³-hybridized carbons (Fsp3) is 0.600. The van der Waals surface area contributed by atoms with Crippen LogP contribution in [0.5, 0.6) is 0 Å². The summed E-state index contributed by atoms with van der Waals surface area (Å²) in [7, 11) is 0. The molecule has 0 heterocycles. The van der Waals surface area contributed by atoms with Crippen molar-refractivity contribution in [1.29, 1.82) is 0 Å². The molecule has 0 atom stereocenters. The highest BCUT2D eigenvalue weighted by atomic mass is 19.4. The van der Waals surface area contributed by atoms with Crippen LogP contribution >= 0.6 is 0 Å². The van der Waals surface area contributed by atoms with Crippen LogP contribution in [0.25, 0.3) is 0 Å². The van der Waals surface area contributed by atoms with Gasteiger partial charge in [-0.25, -0.2) is 0 Å². The van der Waals surface area contributed by atoms with Crippen molar-refractivity contribution in [3.63, 3.8) is 0 Å². The molecule has 0 unspecified atom stereocenters. The van der Waals surface area contributed by atoms with E-state index in [4.69, 9.17) is 0 Å². The number of halogens is 12. The van der Waals surface area contributed by atoms with Gasteiger partial charge in [0, 0.05) is 0 Å². The van der Waals surface area contributed by atoms with E-state index in [1.807, 2.05) is 13.2 Å². The molecule has 0 aliphatic heterocycles. The third-order valence-electron chi connectivity index (χ3n) is 2.58. The van der Waals surface area contributed by atoms with Crippen LogP contribution in [0.15, 0.2) is 25.3 Å². The molecule has 0 aromatic rings. The minimum Gasteiger partial charge on any atom is -0.326 e. The van der Waals surface area contributed by atoms with Crippen molar-refractivity contribution >= 4 is 0 Å². The first-order valence-corrected chi connectivity index (χ1v) is 5.07. The monoisotopic (exact) mass is 370 g/mol. The first-order valence-electron chi connectivity index (χ1n) is 5.07. The Hall–Kier alpha value is -1.40. The molecular formula is C10H6F12O. The van der Waals surface area contributed by atoms with Crippen molar-refractivity contribution in [1.82, 2.24) is 0 Å². The SMILES string of the molecule is C=CC(OC(C=C)(C(F)(F)F)C(F)(F)F)(C(F)(F)F)C(F)(F)F. The lowest BCUT2D eigenvalue weighted by Gasteiger charge is -2.43. The van der Waals surface area contributed by atoms with Crippen molar-refractivity contribution in [2.45, 2.75) is 35.9 Å². The van der Waals surface area contributed by atoms with Crippen molar-refractivity contribution in [3.8, 4) is 0 Å². The molecule has 0 aliphatic carbocycles. The van der Waals surface area contributed by atoms with Gasteiger partial charge in [-0.1, -0.05) is 13.2 Å². The molecule has 1 nitrogen and oxygen atoms in total. The Bertz CT molecular complexity index is 378. The third-order valence-corrected chi connectivity index (χ3v) is 2.58. The Balaban J connectivity index is 6.68. The summed E-state index contributed by atoms with van der Waals surface area (Å²) in [6, 6.07) is 0. The van der Waals surface area contributed by atoms with Gasteiger partial charge in [-0.3, -0.25) is 0 Å². The van der Waals surface area contributed by atoms with Crippen LogP contribution in [-0.4, -0.2) is 35.9 Å². The van der Waals surface area contributed by atoms with Gasteiger partial charge in [0.1, 0.15) is 0 Å². The van der Waals surface area contributed by atoms with Gasteiger partial charge >= 0.3 is 24.7 Å². The summed E-state index contributed by atoms with van der Waals surface area (Å²) >= 11 is 0. The Labute approximate surface area is 120 Å². The molecule has 0 N–H and O–H groups in total. The van der Waals surface area contributed by atoms with Gasteiger partial charge in [0.15, 0.2) is 0 Å². The second kappa shape index (κ2) is 5.60. The highest BCUT2D eigenvalue weighted by Gasteiger charge is 2.80. The van der Waals surface area contributed by atoms with Gasteiger partial charge in [-0.05, 0) is 12.2 Å². The second-order valence-electron chi connectivity index (χ2n) is 3.97. The van der Waals surface area contributed by atoms with Crippen molar-refractivity contribution < 1.29 is 57.4 Å². The van der Waals surface area contributed by atoms with Gasteiger partial charge in [-0.2, -0.15) is 52.7 Å². The first kappa shape index (κ1) is 21.6. The average molecular weight is 370 g/mol. The van der Waals surface area contributed by atoms with Crippen LogP contribution in [0.1, 0.15) is 0 Å². The van der Waals surface area contributed by atoms with E-state index in [0.29, 0.717) is 0 Å². The van der Waals surface area contributed by atoms with Crippen LogP contribution in [0.3, 0.4) is 0 Å². The number of ether oxygens (including phenoxy) is 1. The smallest absolute Gasteiger partial charge is 0.326 e. The normalized spacial score (nSPS) is 15.5. The lowest BCUT2D eigenvalue weighted by molar-refractivity contribution is -0.442. The van der Waals surface area contributed by atoms with E-state index in [2.05, 4.69) is 4.74 Å². The standard InChI is InChI=1S/C10H6F12O/c1-3-5(7(11,12)13,8(14,15)16)23-6(4-2,9(17,18)19)10(20,21)22/h3-4H,1-2H2. The Morgan fingerprint density at radius 2 is 0.652 bits per heavy atom. The second-order valence-corrected chi connectivity index (χ2v) is 3.97. The molecule has 0 aliphatic rings. The van der Waals surface area contributed by atoms with Gasteiger partial charge in [0.25, 0.3) is 11.2 Å². The van der Waals surface area contributed by atoms with Crippen LogP contribution < -0.4 is 0 Å². The molecule has 0 rings (SSSR count). The maximum Gasteiger partial charge on any atom is 0.430 e. The van der Waals surface area contributed by atoms with E-state index in [9.17, 15) is 52.7 Å². The zero-order valence-electron chi connectivity index (χ0n) is 10.5. The first-order chi connectivity index (χ1) is 9.83. The van der Waals surface area contributed by atoms with Gasteiger partial charge in [0.05, 0.1) is 0 Å². The predicted octanol–water partition coefficient (Wildman–Crippen LogP) is 5.10. The molecule has 0 fully saturated rings. The summed E-state index contributed by atoms with van der Waals surface area (Å²) in [6.45, 7) is 4.03. The van der Waals surface area contributed by atoms with Gasteiger partial charge < -0.3 is 4.74 Å². The fourth-order valence-corrected chi connectivity index (χ4v) is 1.35. The van der Waals surface area contributed by atoms with E-state index in [1.54, 1.807) is 0 Å². The molecule has 0 radical (unpaired) electrons. The highest BCUT2D eigenvalue weighted by Crippen LogP contribution is 2.55. The molecule has 0 saturated heterocycles. The average Bonchev–Trinajstić information content (AvgIpc) is 2.23.